The first-order valence-electron chi connectivity index (χ1n) is 5.72. The van der Waals surface area contributed by atoms with Gasteiger partial charge in [-0.15, -0.1) is 0 Å². The van der Waals surface area contributed by atoms with Crippen molar-refractivity contribution in [3.05, 3.63) is 30.5 Å². The molecule has 0 radical (unpaired) electrons. The van der Waals surface area contributed by atoms with Crippen molar-refractivity contribution in [1.29, 1.82) is 10.5 Å². The predicted molar refractivity (Wildman–Crippen MR) is 74.8 cm³/mol. The van der Waals surface area contributed by atoms with Crippen molar-refractivity contribution in [2.75, 3.05) is 17.7 Å². The van der Waals surface area contributed by atoms with E-state index in [0.717, 1.165) is 0 Å². The highest BCUT2D eigenvalue weighted by molar-refractivity contribution is 5.89. The Labute approximate surface area is 117 Å². The molecule has 0 fully saturated rings. The zero-order valence-corrected chi connectivity index (χ0v) is 11.2. The molecule has 0 aliphatic heterocycles. The highest BCUT2D eigenvalue weighted by atomic mass is 16.5. The molecule has 0 heterocycles. The number of benzene rings is 1. The summed E-state index contributed by atoms with van der Waals surface area (Å²) >= 11 is 0. The first kappa shape index (κ1) is 15.1. The molecule has 0 aromatic heterocycles. The van der Waals surface area contributed by atoms with Crippen LogP contribution in [0.25, 0.3) is 0 Å². The fourth-order valence-corrected chi connectivity index (χ4v) is 1.52. The van der Waals surface area contributed by atoms with Crippen molar-refractivity contribution in [1.82, 2.24) is 0 Å². The summed E-state index contributed by atoms with van der Waals surface area (Å²) in [7, 11) is 1.49. The van der Waals surface area contributed by atoms with Crippen LogP contribution in [0.1, 0.15) is 6.92 Å². The fourth-order valence-electron chi connectivity index (χ4n) is 1.52. The second-order valence-corrected chi connectivity index (χ2v) is 3.94. The summed E-state index contributed by atoms with van der Waals surface area (Å²) in [6.45, 7) is 5.06. The van der Waals surface area contributed by atoms with Gasteiger partial charge in [-0.25, -0.2) is 0 Å². The quantitative estimate of drug-likeness (QED) is 0.855. The van der Waals surface area contributed by atoms with Crippen LogP contribution in [-0.2, 0) is 4.79 Å². The maximum Gasteiger partial charge on any atom is 0.221 e. The summed E-state index contributed by atoms with van der Waals surface area (Å²) in [5, 5.41) is 23.1. The first-order chi connectivity index (χ1) is 9.51. The molecule has 0 saturated heterocycles. The van der Waals surface area contributed by atoms with Gasteiger partial charge in [0, 0.05) is 18.3 Å². The standard InChI is InChI=1S/C14H14N4O2/c1-9(11(7-15)8-16)17-13-6-12(18-10(2)19)4-5-14(13)20-3/h4-6,11,17H,1H2,2-3H3,(H,18,19). The third kappa shape index (κ3) is 3.76. The summed E-state index contributed by atoms with van der Waals surface area (Å²) in [5.41, 5.74) is 1.33. The maximum atomic E-state index is 11.0. The molecule has 2 N–H and O–H groups in total. The zero-order chi connectivity index (χ0) is 15.1. The number of hydrogen-bond donors (Lipinski definition) is 2. The van der Waals surface area contributed by atoms with Gasteiger partial charge in [0.2, 0.25) is 5.91 Å². The second-order valence-electron chi connectivity index (χ2n) is 3.94. The van der Waals surface area contributed by atoms with Crippen LogP contribution >= 0.6 is 0 Å². The normalized spacial score (nSPS) is 9.25. The maximum absolute atomic E-state index is 11.0. The Bertz CT molecular complexity index is 597. The lowest BCUT2D eigenvalue weighted by Gasteiger charge is -2.15. The number of methoxy groups -OCH3 is 1. The Morgan fingerprint density at radius 1 is 1.35 bits per heavy atom. The van der Waals surface area contributed by atoms with Gasteiger partial charge in [0.15, 0.2) is 5.92 Å². The summed E-state index contributed by atoms with van der Waals surface area (Å²) < 4.78 is 5.17. The van der Waals surface area contributed by atoms with E-state index in [4.69, 9.17) is 15.3 Å². The number of allylic oxidation sites excluding steroid dienone is 1. The van der Waals surface area contributed by atoms with Crippen LogP contribution < -0.4 is 15.4 Å². The molecule has 6 nitrogen and oxygen atoms in total. The lowest BCUT2D eigenvalue weighted by Crippen LogP contribution is -2.10. The summed E-state index contributed by atoms with van der Waals surface area (Å²) in [6, 6.07) is 8.62. The van der Waals surface area contributed by atoms with Gasteiger partial charge in [0.25, 0.3) is 0 Å². The van der Waals surface area contributed by atoms with Crippen LogP contribution in [0.4, 0.5) is 11.4 Å². The minimum absolute atomic E-state index is 0.202. The monoisotopic (exact) mass is 270 g/mol. The lowest BCUT2D eigenvalue weighted by molar-refractivity contribution is -0.114. The van der Waals surface area contributed by atoms with Crippen LogP contribution in [-0.4, -0.2) is 13.0 Å². The molecule has 0 aliphatic rings. The highest BCUT2D eigenvalue weighted by Gasteiger charge is 2.13. The molecule has 0 bridgehead atoms. The predicted octanol–water partition coefficient (Wildman–Crippen LogP) is 2.24. The van der Waals surface area contributed by atoms with Gasteiger partial charge in [0.05, 0.1) is 24.9 Å². The third-order valence-electron chi connectivity index (χ3n) is 2.42. The number of rotatable bonds is 5. The second kappa shape index (κ2) is 6.81. The van der Waals surface area contributed by atoms with E-state index in [1.54, 1.807) is 18.2 Å². The van der Waals surface area contributed by atoms with Crippen molar-refractivity contribution in [3.63, 3.8) is 0 Å². The van der Waals surface area contributed by atoms with Crippen LogP contribution in [0.5, 0.6) is 5.75 Å². The van der Waals surface area contributed by atoms with E-state index in [1.807, 2.05) is 12.1 Å². The van der Waals surface area contributed by atoms with E-state index >= 15 is 0 Å². The van der Waals surface area contributed by atoms with Crippen molar-refractivity contribution < 1.29 is 9.53 Å². The number of nitriles is 2. The molecular formula is C14H14N4O2. The smallest absolute Gasteiger partial charge is 0.221 e. The summed E-state index contributed by atoms with van der Waals surface area (Å²) in [6.07, 6.45) is 0. The van der Waals surface area contributed by atoms with E-state index in [9.17, 15) is 4.79 Å². The van der Waals surface area contributed by atoms with Gasteiger partial charge in [-0.05, 0) is 18.2 Å². The van der Waals surface area contributed by atoms with Crippen molar-refractivity contribution in [3.8, 4) is 17.9 Å². The van der Waals surface area contributed by atoms with Crippen LogP contribution in [0.2, 0.25) is 0 Å². The summed E-state index contributed by atoms with van der Waals surface area (Å²) in [4.78, 5) is 11.0. The number of anilines is 2. The summed E-state index contributed by atoms with van der Waals surface area (Å²) in [5.74, 6) is -0.661. The lowest BCUT2D eigenvalue weighted by atomic mass is 10.1. The van der Waals surface area contributed by atoms with E-state index in [0.29, 0.717) is 17.1 Å². The molecule has 6 heteroatoms. The van der Waals surface area contributed by atoms with Crippen LogP contribution in [0.15, 0.2) is 30.5 Å². The van der Waals surface area contributed by atoms with Crippen molar-refractivity contribution in [2.45, 2.75) is 6.92 Å². The number of carbonyl (C=O) groups is 1. The molecule has 0 spiro atoms. The average molecular weight is 270 g/mol. The number of nitrogens with one attached hydrogen (secondary N) is 2. The molecule has 102 valence electrons. The molecular weight excluding hydrogens is 256 g/mol. The zero-order valence-electron chi connectivity index (χ0n) is 11.2. The van der Waals surface area contributed by atoms with Gasteiger partial charge in [-0.3, -0.25) is 4.79 Å². The molecule has 0 saturated carbocycles. The van der Waals surface area contributed by atoms with Gasteiger partial charge in [-0.2, -0.15) is 10.5 Å². The molecule has 20 heavy (non-hydrogen) atoms. The molecule has 0 aliphatic carbocycles. The number of nitrogens with zero attached hydrogens (tertiary/aromatic N) is 2. The van der Waals surface area contributed by atoms with Gasteiger partial charge < -0.3 is 15.4 Å². The van der Waals surface area contributed by atoms with Gasteiger partial charge in [0.1, 0.15) is 5.75 Å². The Kier molecular flexibility index (Phi) is 5.13. The Hall–Kier alpha value is -2.99. The van der Waals surface area contributed by atoms with E-state index < -0.39 is 5.92 Å². The largest absolute Gasteiger partial charge is 0.495 e. The average Bonchev–Trinajstić information content (AvgIpc) is 2.39. The molecule has 1 amide bonds. The minimum atomic E-state index is -0.968. The molecule has 1 aromatic carbocycles. The number of ether oxygens (including phenoxy) is 1. The molecule has 0 atom stereocenters. The highest BCUT2D eigenvalue weighted by Crippen LogP contribution is 2.29. The van der Waals surface area contributed by atoms with Crippen LogP contribution in [0, 0.1) is 28.6 Å². The van der Waals surface area contributed by atoms with Crippen molar-refractivity contribution >= 4 is 17.3 Å². The SMILES string of the molecule is C=C(Nc1cc(NC(C)=O)ccc1OC)C(C#N)C#N. The number of hydrogen-bond acceptors (Lipinski definition) is 5. The Morgan fingerprint density at radius 3 is 2.50 bits per heavy atom. The fraction of sp³-hybridized carbons (Fsp3) is 0.214. The van der Waals surface area contributed by atoms with Gasteiger partial charge in [-0.1, -0.05) is 6.58 Å². The van der Waals surface area contributed by atoms with E-state index in [1.165, 1.54) is 14.0 Å². The molecule has 1 aromatic rings. The van der Waals surface area contributed by atoms with E-state index in [2.05, 4.69) is 17.2 Å². The Balaban J connectivity index is 3.03. The topological polar surface area (TPSA) is 97.9 Å². The minimum Gasteiger partial charge on any atom is -0.495 e. The van der Waals surface area contributed by atoms with Crippen molar-refractivity contribution in [2.24, 2.45) is 5.92 Å². The Morgan fingerprint density at radius 2 is 2.00 bits per heavy atom. The van der Waals surface area contributed by atoms with Gasteiger partial charge >= 0.3 is 0 Å². The molecule has 1 rings (SSSR count). The van der Waals surface area contributed by atoms with E-state index in [-0.39, 0.29) is 11.6 Å². The van der Waals surface area contributed by atoms with Crippen LogP contribution in [0.3, 0.4) is 0 Å². The number of amides is 1. The third-order valence-corrected chi connectivity index (χ3v) is 2.42. The first-order valence-corrected chi connectivity index (χ1v) is 5.72. The molecule has 0 unspecified atom stereocenters. The number of carbonyl (C=O) groups excluding carboxylic acids is 1.